The van der Waals surface area contributed by atoms with Crippen LogP contribution in [-0.4, -0.2) is 18.0 Å². The smallest absolute Gasteiger partial charge is 0.259 e. The fourth-order valence-corrected chi connectivity index (χ4v) is 3.14. The molecule has 0 aliphatic heterocycles. The number of aromatic nitrogens is 1. The van der Waals surface area contributed by atoms with Crippen molar-refractivity contribution in [1.82, 2.24) is 4.98 Å². The van der Waals surface area contributed by atoms with Crippen molar-refractivity contribution in [3.8, 4) is 5.75 Å². The zero-order valence-electron chi connectivity index (χ0n) is 16.0. The van der Waals surface area contributed by atoms with Gasteiger partial charge in [0.1, 0.15) is 5.75 Å². The number of hydrogen-bond donors (Lipinski definition) is 1. The van der Waals surface area contributed by atoms with Gasteiger partial charge in [-0.3, -0.25) is 9.78 Å². The Morgan fingerprint density at radius 1 is 0.897 bits per heavy atom. The van der Waals surface area contributed by atoms with Crippen molar-refractivity contribution in [2.45, 2.75) is 0 Å². The van der Waals surface area contributed by atoms with Gasteiger partial charge in [-0.25, -0.2) is 0 Å². The van der Waals surface area contributed by atoms with Crippen molar-refractivity contribution in [2.75, 3.05) is 12.4 Å². The van der Waals surface area contributed by atoms with Crippen molar-refractivity contribution >= 4 is 34.5 Å². The minimum absolute atomic E-state index is 0.210. The molecule has 4 heteroatoms. The summed E-state index contributed by atoms with van der Waals surface area (Å²) in [7, 11) is 1.57. The molecule has 0 spiro atoms. The van der Waals surface area contributed by atoms with E-state index in [0.717, 1.165) is 22.0 Å². The van der Waals surface area contributed by atoms with Gasteiger partial charge in [-0.2, -0.15) is 0 Å². The summed E-state index contributed by atoms with van der Waals surface area (Å²) in [5.74, 6) is 0.339. The van der Waals surface area contributed by atoms with Gasteiger partial charge in [0.2, 0.25) is 0 Å². The Morgan fingerprint density at radius 3 is 2.45 bits per heavy atom. The van der Waals surface area contributed by atoms with Gasteiger partial charge in [0, 0.05) is 11.9 Å². The van der Waals surface area contributed by atoms with E-state index in [9.17, 15) is 4.79 Å². The maximum Gasteiger partial charge on any atom is 0.259 e. The third-order valence-corrected chi connectivity index (χ3v) is 4.59. The predicted molar refractivity (Wildman–Crippen MR) is 118 cm³/mol. The average Bonchev–Trinajstić information content (AvgIpc) is 2.77. The van der Waals surface area contributed by atoms with Crippen molar-refractivity contribution in [1.29, 1.82) is 0 Å². The van der Waals surface area contributed by atoms with Gasteiger partial charge in [-0.15, -0.1) is 0 Å². The number of nitrogens with zero attached hydrogens (tertiary/aromatic N) is 1. The number of pyridine rings is 1. The molecule has 142 valence electrons. The molecule has 1 aromatic heterocycles. The summed E-state index contributed by atoms with van der Waals surface area (Å²) in [6, 6.07) is 25.1. The third-order valence-electron chi connectivity index (χ3n) is 4.59. The SMILES string of the molecule is COc1cc2ccccc2cc1C(=O)Nc1cccc(/C=C/c2ccccn2)c1. The second kappa shape index (κ2) is 8.40. The fourth-order valence-electron chi connectivity index (χ4n) is 3.14. The first-order chi connectivity index (χ1) is 14.2. The molecule has 0 atom stereocenters. The topological polar surface area (TPSA) is 51.2 Å². The summed E-state index contributed by atoms with van der Waals surface area (Å²) in [6.45, 7) is 0. The highest BCUT2D eigenvalue weighted by molar-refractivity contribution is 6.08. The molecule has 1 N–H and O–H groups in total. The molecule has 4 rings (SSSR count). The molecule has 4 nitrogen and oxygen atoms in total. The van der Waals surface area contributed by atoms with Crippen molar-refractivity contribution in [3.05, 3.63) is 102 Å². The number of carbonyl (C=O) groups is 1. The van der Waals surface area contributed by atoms with Crippen molar-refractivity contribution in [3.63, 3.8) is 0 Å². The average molecular weight is 380 g/mol. The highest BCUT2D eigenvalue weighted by Gasteiger charge is 2.14. The Hall–Kier alpha value is -3.92. The summed E-state index contributed by atoms with van der Waals surface area (Å²) in [4.78, 5) is 17.2. The third kappa shape index (κ3) is 4.33. The lowest BCUT2D eigenvalue weighted by Gasteiger charge is -2.11. The molecule has 0 saturated heterocycles. The Balaban J connectivity index is 1.57. The Kier molecular flexibility index (Phi) is 5.34. The van der Waals surface area contributed by atoms with E-state index in [0.29, 0.717) is 17.0 Å². The maximum absolute atomic E-state index is 12.9. The standard InChI is InChI=1S/C25H20N2O2/c1-29-24-17-20-9-3-2-8-19(20)16-23(24)25(28)27-22-11-6-7-18(15-22)12-13-21-10-4-5-14-26-21/h2-17H,1H3,(H,27,28)/b13-12+. The van der Waals surface area contributed by atoms with E-state index in [1.54, 1.807) is 13.3 Å². The van der Waals surface area contributed by atoms with Gasteiger partial charge in [-0.05, 0) is 58.8 Å². The summed E-state index contributed by atoms with van der Waals surface area (Å²) in [6.07, 6.45) is 5.66. The van der Waals surface area contributed by atoms with Crippen LogP contribution in [0.1, 0.15) is 21.6 Å². The molecule has 1 heterocycles. The lowest BCUT2D eigenvalue weighted by atomic mass is 10.0. The van der Waals surface area contributed by atoms with E-state index in [-0.39, 0.29) is 5.91 Å². The van der Waals surface area contributed by atoms with E-state index in [1.807, 2.05) is 91.0 Å². The Morgan fingerprint density at radius 2 is 1.69 bits per heavy atom. The fraction of sp³-hybridized carbons (Fsp3) is 0.0400. The van der Waals surface area contributed by atoms with Crippen LogP contribution in [0.5, 0.6) is 5.75 Å². The molecule has 0 radical (unpaired) electrons. The molecule has 0 bridgehead atoms. The van der Waals surface area contributed by atoms with Crippen LogP contribution in [0.15, 0.2) is 85.1 Å². The number of methoxy groups -OCH3 is 1. The Labute approximate surface area is 169 Å². The van der Waals surface area contributed by atoms with Crippen LogP contribution in [0.3, 0.4) is 0 Å². The first-order valence-electron chi connectivity index (χ1n) is 9.30. The highest BCUT2D eigenvalue weighted by atomic mass is 16.5. The van der Waals surface area contributed by atoms with Crippen LogP contribution in [0.4, 0.5) is 5.69 Å². The number of anilines is 1. The van der Waals surface area contributed by atoms with Crippen LogP contribution in [-0.2, 0) is 0 Å². The lowest BCUT2D eigenvalue weighted by Crippen LogP contribution is -2.13. The summed E-state index contributed by atoms with van der Waals surface area (Å²) in [5, 5.41) is 4.99. The molecular weight excluding hydrogens is 360 g/mol. The van der Waals surface area contributed by atoms with E-state index >= 15 is 0 Å². The quantitative estimate of drug-likeness (QED) is 0.486. The second-order valence-electron chi connectivity index (χ2n) is 6.57. The predicted octanol–water partition coefficient (Wildman–Crippen LogP) is 5.67. The number of amides is 1. The molecule has 29 heavy (non-hydrogen) atoms. The van der Waals surface area contributed by atoms with Gasteiger partial charge >= 0.3 is 0 Å². The highest BCUT2D eigenvalue weighted by Crippen LogP contribution is 2.27. The van der Waals surface area contributed by atoms with E-state index in [1.165, 1.54) is 0 Å². The minimum Gasteiger partial charge on any atom is -0.496 e. The van der Waals surface area contributed by atoms with Crippen molar-refractivity contribution < 1.29 is 9.53 Å². The molecule has 0 aliphatic rings. The molecule has 1 amide bonds. The van der Waals surface area contributed by atoms with Crippen LogP contribution in [0.25, 0.3) is 22.9 Å². The zero-order valence-corrected chi connectivity index (χ0v) is 16.0. The number of benzene rings is 3. The van der Waals surface area contributed by atoms with Gasteiger partial charge in [0.15, 0.2) is 0 Å². The molecule has 0 unspecified atom stereocenters. The first kappa shape index (κ1) is 18.4. The maximum atomic E-state index is 12.9. The Bertz CT molecular complexity index is 1180. The molecular formula is C25H20N2O2. The molecule has 0 saturated carbocycles. The van der Waals surface area contributed by atoms with Gasteiger partial charge in [0.05, 0.1) is 18.4 Å². The van der Waals surface area contributed by atoms with E-state index in [2.05, 4.69) is 10.3 Å². The van der Waals surface area contributed by atoms with Crippen LogP contribution in [0.2, 0.25) is 0 Å². The number of ether oxygens (including phenoxy) is 1. The second-order valence-corrected chi connectivity index (χ2v) is 6.57. The van der Waals surface area contributed by atoms with Gasteiger partial charge < -0.3 is 10.1 Å². The van der Waals surface area contributed by atoms with Gasteiger partial charge in [-0.1, -0.05) is 48.5 Å². The molecule has 3 aromatic carbocycles. The molecule has 0 fully saturated rings. The number of fused-ring (bicyclic) bond motifs is 1. The van der Waals surface area contributed by atoms with E-state index in [4.69, 9.17) is 4.74 Å². The van der Waals surface area contributed by atoms with Crippen LogP contribution < -0.4 is 10.1 Å². The minimum atomic E-state index is -0.210. The largest absolute Gasteiger partial charge is 0.496 e. The van der Waals surface area contributed by atoms with Crippen LogP contribution in [0, 0.1) is 0 Å². The summed E-state index contributed by atoms with van der Waals surface area (Å²) >= 11 is 0. The normalized spacial score (nSPS) is 10.9. The monoisotopic (exact) mass is 380 g/mol. The molecule has 4 aromatic rings. The molecule has 0 aliphatic carbocycles. The summed E-state index contributed by atoms with van der Waals surface area (Å²) < 4.78 is 5.44. The summed E-state index contributed by atoms with van der Waals surface area (Å²) in [5.41, 5.74) is 3.07. The number of carbonyl (C=O) groups excluding carboxylic acids is 1. The zero-order chi connectivity index (χ0) is 20.1. The number of rotatable bonds is 5. The number of nitrogens with one attached hydrogen (secondary N) is 1. The van der Waals surface area contributed by atoms with Crippen LogP contribution >= 0.6 is 0 Å². The number of hydrogen-bond acceptors (Lipinski definition) is 3. The van der Waals surface area contributed by atoms with E-state index < -0.39 is 0 Å². The lowest BCUT2D eigenvalue weighted by molar-refractivity contribution is 0.102. The van der Waals surface area contributed by atoms with Crippen molar-refractivity contribution in [2.24, 2.45) is 0 Å². The first-order valence-corrected chi connectivity index (χ1v) is 9.30. The van der Waals surface area contributed by atoms with Gasteiger partial charge in [0.25, 0.3) is 5.91 Å².